The molecule has 15 heavy (non-hydrogen) atoms. The molecule has 0 unspecified atom stereocenters. The summed E-state index contributed by atoms with van der Waals surface area (Å²) in [6.07, 6.45) is 3.87. The van der Waals surface area contributed by atoms with Crippen LogP contribution in [0.15, 0.2) is 0 Å². The van der Waals surface area contributed by atoms with Crippen LogP contribution < -0.4 is 11.1 Å². The Bertz CT molecular complexity index is 221. The number of nitrogens with one attached hydrogen (secondary N) is 1. The molecule has 0 bridgehead atoms. The fourth-order valence-corrected chi connectivity index (χ4v) is 2.22. The summed E-state index contributed by atoms with van der Waals surface area (Å²) in [5.41, 5.74) is 5.65. The molecule has 0 aromatic heterocycles. The number of ether oxygens (including phenoxy) is 1. The van der Waals surface area contributed by atoms with E-state index in [1.54, 1.807) is 0 Å². The first-order valence-electron chi connectivity index (χ1n) is 5.86. The van der Waals surface area contributed by atoms with Crippen molar-refractivity contribution in [2.45, 2.75) is 31.7 Å². The van der Waals surface area contributed by atoms with Crippen molar-refractivity contribution in [1.29, 1.82) is 0 Å². The molecular formula is C11H20N2O2. The van der Waals surface area contributed by atoms with Crippen molar-refractivity contribution in [3.8, 4) is 0 Å². The average molecular weight is 212 g/mol. The van der Waals surface area contributed by atoms with E-state index in [0.717, 1.165) is 45.4 Å². The Labute approximate surface area is 90.5 Å². The molecule has 3 N–H and O–H groups in total. The zero-order valence-corrected chi connectivity index (χ0v) is 9.08. The van der Waals surface area contributed by atoms with Crippen molar-refractivity contribution in [2.75, 3.05) is 19.8 Å². The van der Waals surface area contributed by atoms with E-state index in [4.69, 9.17) is 10.5 Å². The van der Waals surface area contributed by atoms with Gasteiger partial charge < -0.3 is 15.8 Å². The van der Waals surface area contributed by atoms with Gasteiger partial charge in [0.1, 0.15) is 0 Å². The molecular weight excluding hydrogens is 192 g/mol. The van der Waals surface area contributed by atoms with Gasteiger partial charge in [0.05, 0.1) is 0 Å². The smallest absolute Gasteiger partial charge is 0.223 e. The van der Waals surface area contributed by atoms with E-state index >= 15 is 0 Å². The molecule has 4 nitrogen and oxygen atoms in total. The lowest BCUT2D eigenvalue weighted by Crippen LogP contribution is -2.46. The monoisotopic (exact) mass is 212 g/mol. The van der Waals surface area contributed by atoms with Gasteiger partial charge >= 0.3 is 0 Å². The lowest BCUT2D eigenvalue weighted by molar-refractivity contribution is -0.128. The summed E-state index contributed by atoms with van der Waals surface area (Å²) in [6, 6.07) is 0.254. The minimum absolute atomic E-state index is 0.180. The Morgan fingerprint density at radius 3 is 2.60 bits per heavy atom. The molecule has 0 aromatic carbocycles. The van der Waals surface area contributed by atoms with Crippen molar-refractivity contribution in [2.24, 2.45) is 17.6 Å². The largest absolute Gasteiger partial charge is 0.381 e. The number of hydrogen-bond donors (Lipinski definition) is 2. The first kappa shape index (κ1) is 10.9. The van der Waals surface area contributed by atoms with Crippen molar-refractivity contribution in [3.63, 3.8) is 0 Å². The van der Waals surface area contributed by atoms with Gasteiger partial charge in [0.15, 0.2) is 0 Å². The zero-order valence-electron chi connectivity index (χ0n) is 9.08. The fourth-order valence-electron chi connectivity index (χ4n) is 2.22. The lowest BCUT2D eigenvalue weighted by atomic mass is 9.80. The molecule has 0 atom stereocenters. The van der Waals surface area contributed by atoms with Crippen LogP contribution in [-0.2, 0) is 9.53 Å². The van der Waals surface area contributed by atoms with Crippen molar-refractivity contribution >= 4 is 5.91 Å². The topological polar surface area (TPSA) is 64.4 Å². The van der Waals surface area contributed by atoms with Crippen LogP contribution in [0.3, 0.4) is 0 Å². The molecule has 1 saturated heterocycles. The van der Waals surface area contributed by atoms with E-state index in [1.807, 2.05) is 0 Å². The number of nitrogens with two attached hydrogens (primary N) is 1. The van der Waals surface area contributed by atoms with Gasteiger partial charge in [-0.1, -0.05) is 0 Å². The molecule has 0 aromatic rings. The average Bonchev–Trinajstić information content (AvgIpc) is 2.23. The van der Waals surface area contributed by atoms with E-state index in [0.29, 0.717) is 5.92 Å². The molecule has 86 valence electrons. The highest BCUT2D eigenvalue weighted by atomic mass is 16.5. The number of carbonyl (C=O) groups is 1. The highest BCUT2D eigenvalue weighted by Crippen LogP contribution is 2.25. The first-order valence-corrected chi connectivity index (χ1v) is 5.86. The van der Waals surface area contributed by atoms with Crippen LogP contribution in [0.25, 0.3) is 0 Å². The van der Waals surface area contributed by atoms with Crippen LogP contribution in [0, 0.1) is 11.8 Å². The maximum Gasteiger partial charge on any atom is 0.223 e. The molecule has 1 aliphatic carbocycles. The molecule has 4 heteroatoms. The van der Waals surface area contributed by atoms with E-state index in [1.165, 1.54) is 0 Å². The van der Waals surface area contributed by atoms with Crippen LogP contribution in [0.1, 0.15) is 25.7 Å². The molecule has 1 aliphatic heterocycles. The molecule has 1 amide bonds. The van der Waals surface area contributed by atoms with Crippen LogP contribution in [0.4, 0.5) is 0 Å². The second kappa shape index (κ2) is 4.94. The Balaban J connectivity index is 1.62. The summed E-state index contributed by atoms with van der Waals surface area (Å²) >= 11 is 0. The predicted molar refractivity (Wildman–Crippen MR) is 57.3 cm³/mol. The van der Waals surface area contributed by atoms with Crippen molar-refractivity contribution in [3.05, 3.63) is 0 Å². The number of rotatable bonds is 3. The van der Waals surface area contributed by atoms with Crippen LogP contribution in [-0.4, -0.2) is 31.7 Å². The van der Waals surface area contributed by atoms with Crippen LogP contribution >= 0.6 is 0 Å². The van der Waals surface area contributed by atoms with E-state index < -0.39 is 0 Å². The first-order chi connectivity index (χ1) is 7.25. The van der Waals surface area contributed by atoms with Gasteiger partial charge in [0, 0.05) is 31.7 Å². The summed E-state index contributed by atoms with van der Waals surface area (Å²) in [7, 11) is 0. The van der Waals surface area contributed by atoms with Crippen LogP contribution in [0.2, 0.25) is 0 Å². The maximum atomic E-state index is 11.6. The molecule has 1 heterocycles. The fraction of sp³-hybridized carbons (Fsp3) is 0.909. The second-order valence-electron chi connectivity index (χ2n) is 4.73. The van der Waals surface area contributed by atoms with E-state index in [2.05, 4.69) is 5.32 Å². The minimum atomic E-state index is 0.180. The predicted octanol–water partition coefficient (Wildman–Crippen LogP) is 0.266. The highest BCUT2D eigenvalue weighted by molar-refractivity contribution is 5.79. The summed E-state index contributed by atoms with van der Waals surface area (Å²) in [4.78, 5) is 11.6. The Hall–Kier alpha value is -0.610. The highest BCUT2D eigenvalue weighted by Gasteiger charge is 2.32. The Morgan fingerprint density at radius 1 is 1.33 bits per heavy atom. The molecule has 1 saturated carbocycles. The molecule has 0 spiro atoms. The standard InChI is InChI=1S/C11H20N2O2/c12-10-5-9(6-10)11(14)13-7-8-1-3-15-4-2-8/h8-10H,1-7,12H2,(H,13,14). The Morgan fingerprint density at radius 2 is 2.00 bits per heavy atom. The third-order valence-electron chi connectivity index (χ3n) is 3.45. The lowest BCUT2D eigenvalue weighted by Gasteiger charge is -2.32. The normalized spacial score (nSPS) is 32.1. The summed E-state index contributed by atoms with van der Waals surface area (Å²) < 4.78 is 5.27. The third kappa shape index (κ3) is 2.92. The van der Waals surface area contributed by atoms with Gasteiger partial charge in [0.2, 0.25) is 5.91 Å². The van der Waals surface area contributed by atoms with Crippen molar-refractivity contribution in [1.82, 2.24) is 5.32 Å². The van der Waals surface area contributed by atoms with Gasteiger partial charge in [-0.05, 0) is 31.6 Å². The van der Waals surface area contributed by atoms with E-state index in [-0.39, 0.29) is 17.9 Å². The van der Waals surface area contributed by atoms with Crippen LogP contribution in [0.5, 0.6) is 0 Å². The van der Waals surface area contributed by atoms with Gasteiger partial charge in [0.25, 0.3) is 0 Å². The summed E-state index contributed by atoms with van der Waals surface area (Å²) in [6.45, 7) is 2.50. The van der Waals surface area contributed by atoms with E-state index in [9.17, 15) is 4.79 Å². The zero-order chi connectivity index (χ0) is 10.7. The van der Waals surface area contributed by atoms with Gasteiger partial charge in [-0.3, -0.25) is 4.79 Å². The number of amides is 1. The molecule has 2 fully saturated rings. The quantitative estimate of drug-likeness (QED) is 0.705. The third-order valence-corrected chi connectivity index (χ3v) is 3.45. The summed E-state index contributed by atoms with van der Waals surface area (Å²) in [5, 5.41) is 3.02. The number of carbonyl (C=O) groups excluding carboxylic acids is 1. The Kier molecular flexibility index (Phi) is 3.59. The number of hydrogen-bond acceptors (Lipinski definition) is 3. The van der Waals surface area contributed by atoms with Gasteiger partial charge in [-0.25, -0.2) is 0 Å². The SMILES string of the molecule is NC1CC(C(=O)NCC2CCOCC2)C1. The second-order valence-corrected chi connectivity index (χ2v) is 4.73. The van der Waals surface area contributed by atoms with Gasteiger partial charge in [-0.2, -0.15) is 0 Å². The molecule has 2 rings (SSSR count). The van der Waals surface area contributed by atoms with Crippen molar-refractivity contribution < 1.29 is 9.53 Å². The molecule has 0 radical (unpaired) electrons. The minimum Gasteiger partial charge on any atom is -0.381 e. The molecule has 2 aliphatic rings. The van der Waals surface area contributed by atoms with Gasteiger partial charge in [-0.15, -0.1) is 0 Å². The maximum absolute atomic E-state index is 11.6. The summed E-state index contributed by atoms with van der Waals surface area (Å²) in [5.74, 6) is 0.986.